The van der Waals surface area contributed by atoms with E-state index in [1.807, 2.05) is 42.5 Å². The topological polar surface area (TPSA) is 54.7 Å². The van der Waals surface area contributed by atoms with Crippen molar-refractivity contribution in [3.63, 3.8) is 0 Å². The Labute approximate surface area is 118 Å². The van der Waals surface area contributed by atoms with Crippen LogP contribution in [0.3, 0.4) is 0 Å². The van der Waals surface area contributed by atoms with Crippen molar-refractivity contribution >= 4 is 17.4 Å². The van der Waals surface area contributed by atoms with E-state index in [1.165, 1.54) is 0 Å². The maximum absolute atomic E-state index is 9.07. The van der Waals surface area contributed by atoms with Crippen molar-refractivity contribution in [2.45, 2.75) is 6.92 Å². The van der Waals surface area contributed by atoms with Gasteiger partial charge in [0, 0.05) is 18.0 Å². The number of methoxy groups -OCH3 is 1. The predicted octanol–water partition coefficient (Wildman–Crippen LogP) is 3.48. The van der Waals surface area contributed by atoms with E-state index in [0.29, 0.717) is 5.71 Å². The van der Waals surface area contributed by atoms with Gasteiger partial charge in [-0.1, -0.05) is 17.3 Å². The first kappa shape index (κ1) is 13.8. The molecule has 0 atom stereocenters. The monoisotopic (exact) mass is 268 g/mol. The van der Waals surface area contributed by atoms with Crippen LogP contribution in [-0.4, -0.2) is 23.0 Å². The number of hydrogen-bond acceptors (Lipinski definition) is 4. The van der Waals surface area contributed by atoms with Crippen LogP contribution in [0.4, 0.5) is 0 Å². The van der Waals surface area contributed by atoms with Gasteiger partial charge in [-0.25, -0.2) is 0 Å². The zero-order valence-electron chi connectivity index (χ0n) is 11.4. The Morgan fingerprint density at radius 1 is 1.25 bits per heavy atom. The fourth-order valence-corrected chi connectivity index (χ4v) is 1.87. The molecular weight excluding hydrogens is 252 g/mol. The van der Waals surface area contributed by atoms with Gasteiger partial charge in [0.05, 0.1) is 12.8 Å². The molecule has 102 valence electrons. The quantitative estimate of drug-likeness (QED) is 0.524. The molecule has 2 aromatic rings. The third-order valence-corrected chi connectivity index (χ3v) is 2.94. The molecule has 2 rings (SSSR count). The molecule has 0 spiro atoms. The first-order valence-electron chi connectivity index (χ1n) is 6.20. The van der Waals surface area contributed by atoms with Gasteiger partial charge >= 0.3 is 0 Å². The van der Waals surface area contributed by atoms with E-state index in [-0.39, 0.29) is 0 Å². The molecule has 0 radical (unpaired) electrons. The first-order valence-corrected chi connectivity index (χ1v) is 6.20. The highest BCUT2D eigenvalue weighted by Gasteiger charge is 2.07. The van der Waals surface area contributed by atoms with Crippen LogP contribution in [0.25, 0.3) is 11.6 Å². The normalized spacial score (nSPS) is 12.3. The Morgan fingerprint density at radius 2 is 2.00 bits per heavy atom. The molecule has 0 fully saturated rings. The fraction of sp³-hybridized carbons (Fsp3) is 0.125. The van der Waals surface area contributed by atoms with E-state index in [2.05, 4.69) is 10.1 Å². The molecule has 0 amide bonds. The minimum atomic E-state index is 0.537. The lowest BCUT2D eigenvalue weighted by Gasteiger charge is -2.08. The van der Waals surface area contributed by atoms with E-state index in [4.69, 9.17) is 9.94 Å². The first-order chi connectivity index (χ1) is 9.74. The summed E-state index contributed by atoms with van der Waals surface area (Å²) in [7, 11) is 1.62. The van der Waals surface area contributed by atoms with Gasteiger partial charge < -0.3 is 9.94 Å². The summed E-state index contributed by atoms with van der Waals surface area (Å²) in [5.41, 5.74) is 3.28. The molecule has 0 aliphatic heterocycles. The van der Waals surface area contributed by atoms with E-state index < -0.39 is 0 Å². The van der Waals surface area contributed by atoms with Crippen molar-refractivity contribution in [3.8, 4) is 5.75 Å². The Morgan fingerprint density at radius 3 is 2.65 bits per heavy atom. The van der Waals surface area contributed by atoms with Crippen LogP contribution in [0, 0.1) is 0 Å². The van der Waals surface area contributed by atoms with E-state index in [0.717, 1.165) is 22.4 Å². The molecule has 0 unspecified atom stereocenters. The average Bonchev–Trinajstić information content (AvgIpc) is 2.53. The van der Waals surface area contributed by atoms with Gasteiger partial charge in [0.2, 0.25) is 0 Å². The highest BCUT2D eigenvalue weighted by atomic mass is 16.5. The average molecular weight is 268 g/mol. The maximum Gasteiger partial charge on any atom is 0.119 e. The standard InChI is InChI=1S/C16H16N2O2/c1-12(18-19)16(10-13-6-8-17-9-7-13)14-4-3-5-15(11-14)20-2/h3-11,19H,1-2H3/b16-10-,18-12+. The summed E-state index contributed by atoms with van der Waals surface area (Å²) < 4.78 is 5.23. The molecule has 1 N–H and O–H groups in total. The molecule has 0 bridgehead atoms. The van der Waals surface area contributed by atoms with E-state index in [9.17, 15) is 0 Å². The zero-order chi connectivity index (χ0) is 14.4. The lowest BCUT2D eigenvalue weighted by Crippen LogP contribution is -1.98. The highest BCUT2D eigenvalue weighted by Crippen LogP contribution is 2.23. The lowest BCUT2D eigenvalue weighted by atomic mass is 9.99. The fourth-order valence-electron chi connectivity index (χ4n) is 1.87. The molecule has 4 heteroatoms. The molecule has 1 heterocycles. The summed E-state index contributed by atoms with van der Waals surface area (Å²) in [5.74, 6) is 0.758. The number of hydrogen-bond donors (Lipinski definition) is 1. The number of rotatable bonds is 4. The third-order valence-electron chi connectivity index (χ3n) is 2.94. The summed E-state index contributed by atoms with van der Waals surface area (Å²) in [6, 6.07) is 11.4. The summed E-state index contributed by atoms with van der Waals surface area (Å²) in [6.45, 7) is 1.76. The van der Waals surface area contributed by atoms with Crippen LogP contribution in [0.15, 0.2) is 53.9 Å². The zero-order valence-corrected chi connectivity index (χ0v) is 11.4. The SMILES string of the molecule is COc1cccc(C(=C\c2ccncc2)/C(C)=N/O)c1. The number of allylic oxidation sites excluding steroid dienone is 1. The van der Waals surface area contributed by atoms with Crippen LogP contribution in [0.5, 0.6) is 5.75 Å². The summed E-state index contributed by atoms with van der Waals surface area (Å²) >= 11 is 0. The summed E-state index contributed by atoms with van der Waals surface area (Å²) in [5, 5.41) is 12.4. The Balaban J connectivity index is 2.50. The van der Waals surface area contributed by atoms with Crippen molar-refractivity contribution < 1.29 is 9.94 Å². The number of pyridine rings is 1. The van der Waals surface area contributed by atoms with Gasteiger partial charge in [0.15, 0.2) is 0 Å². The Bertz CT molecular complexity index is 634. The van der Waals surface area contributed by atoms with Crippen LogP contribution in [-0.2, 0) is 0 Å². The van der Waals surface area contributed by atoms with Gasteiger partial charge in [0.25, 0.3) is 0 Å². The van der Waals surface area contributed by atoms with Gasteiger partial charge in [-0.15, -0.1) is 0 Å². The van der Waals surface area contributed by atoms with Crippen LogP contribution in [0.1, 0.15) is 18.1 Å². The van der Waals surface area contributed by atoms with Gasteiger partial charge in [-0.3, -0.25) is 4.98 Å². The van der Waals surface area contributed by atoms with Gasteiger partial charge in [-0.2, -0.15) is 0 Å². The minimum absolute atomic E-state index is 0.537. The smallest absolute Gasteiger partial charge is 0.119 e. The molecule has 0 saturated carbocycles. The van der Waals surface area contributed by atoms with E-state index >= 15 is 0 Å². The summed E-state index contributed by atoms with van der Waals surface area (Å²) in [4.78, 5) is 3.99. The largest absolute Gasteiger partial charge is 0.497 e. The number of ether oxygens (including phenoxy) is 1. The van der Waals surface area contributed by atoms with Crippen LogP contribution in [0.2, 0.25) is 0 Å². The number of nitrogens with zero attached hydrogens (tertiary/aromatic N) is 2. The maximum atomic E-state index is 9.07. The molecule has 1 aromatic heterocycles. The van der Waals surface area contributed by atoms with Crippen LogP contribution < -0.4 is 4.74 Å². The molecule has 0 aliphatic carbocycles. The molecule has 0 saturated heterocycles. The third kappa shape index (κ3) is 3.23. The molecule has 0 aliphatic rings. The van der Waals surface area contributed by atoms with Crippen molar-refractivity contribution in [2.24, 2.45) is 5.16 Å². The molecular formula is C16H16N2O2. The minimum Gasteiger partial charge on any atom is -0.497 e. The second-order valence-electron chi connectivity index (χ2n) is 4.26. The predicted molar refractivity (Wildman–Crippen MR) is 80.0 cm³/mol. The van der Waals surface area contributed by atoms with Crippen molar-refractivity contribution in [2.75, 3.05) is 7.11 Å². The number of benzene rings is 1. The molecule has 1 aromatic carbocycles. The van der Waals surface area contributed by atoms with Crippen molar-refractivity contribution in [1.82, 2.24) is 4.98 Å². The van der Waals surface area contributed by atoms with Crippen LogP contribution >= 0.6 is 0 Å². The molecule has 4 nitrogen and oxygen atoms in total. The van der Waals surface area contributed by atoms with Crippen molar-refractivity contribution in [1.29, 1.82) is 0 Å². The Hall–Kier alpha value is -2.62. The highest BCUT2D eigenvalue weighted by molar-refractivity contribution is 6.26. The van der Waals surface area contributed by atoms with E-state index in [1.54, 1.807) is 26.4 Å². The van der Waals surface area contributed by atoms with Gasteiger partial charge in [-0.05, 0) is 48.4 Å². The molecule has 20 heavy (non-hydrogen) atoms. The van der Waals surface area contributed by atoms with Gasteiger partial charge in [0.1, 0.15) is 5.75 Å². The Kier molecular flexibility index (Phi) is 4.50. The second kappa shape index (κ2) is 6.52. The van der Waals surface area contributed by atoms with Crippen molar-refractivity contribution in [3.05, 3.63) is 59.9 Å². The second-order valence-corrected chi connectivity index (χ2v) is 4.26. The summed E-state index contributed by atoms with van der Waals surface area (Å²) in [6.07, 6.45) is 5.40. The number of oxime groups is 1. The number of aromatic nitrogens is 1. The lowest BCUT2D eigenvalue weighted by molar-refractivity contribution is 0.319.